The highest BCUT2D eigenvalue weighted by Gasteiger charge is 2.32. The lowest BCUT2D eigenvalue weighted by Crippen LogP contribution is -2.50. The zero-order chi connectivity index (χ0) is 24.6. The molecule has 1 amide bonds. The maximum atomic E-state index is 13.1. The third-order valence-corrected chi connectivity index (χ3v) is 7.59. The number of hydrogen-bond donors (Lipinski definition) is 2. The third kappa shape index (κ3) is 4.60. The Morgan fingerprint density at radius 1 is 1.06 bits per heavy atom. The number of imidazole rings is 1. The van der Waals surface area contributed by atoms with Crippen LogP contribution in [0.15, 0.2) is 53.9 Å². The van der Waals surface area contributed by atoms with Crippen molar-refractivity contribution in [3.8, 4) is 11.5 Å². The average molecular weight is 514 g/mol. The minimum atomic E-state index is -3.86. The number of nitrogens with zero attached hydrogens (tertiary/aromatic N) is 6. The van der Waals surface area contributed by atoms with Crippen LogP contribution in [0.4, 0.5) is 0 Å². The quantitative estimate of drug-likeness (QED) is 0.410. The Kier molecular flexibility index (Phi) is 6.19. The second-order valence-corrected chi connectivity index (χ2v) is 10.2. The van der Waals surface area contributed by atoms with Gasteiger partial charge in [0.2, 0.25) is 5.16 Å². The van der Waals surface area contributed by atoms with Crippen LogP contribution in [0.25, 0.3) is 22.6 Å². The van der Waals surface area contributed by atoms with Gasteiger partial charge in [-0.25, -0.2) is 28.4 Å². The molecule has 0 atom stereocenters. The summed E-state index contributed by atoms with van der Waals surface area (Å²) in [6.07, 6.45) is 2.83. The molecule has 4 heterocycles. The molecule has 11 nitrogen and oxygen atoms in total. The van der Waals surface area contributed by atoms with Crippen molar-refractivity contribution in [2.45, 2.75) is 11.8 Å². The van der Waals surface area contributed by atoms with Crippen LogP contribution in [0.3, 0.4) is 0 Å². The Morgan fingerprint density at radius 2 is 1.80 bits per heavy atom. The van der Waals surface area contributed by atoms with E-state index in [9.17, 15) is 18.3 Å². The summed E-state index contributed by atoms with van der Waals surface area (Å²) in [5, 5.41) is 9.56. The third-order valence-electron chi connectivity index (χ3n) is 5.63. The van der Waals surface area contributed by atoms with Crippen LogP contribution >= 0.6 is 11.6 Å². The van der Waals surface area contributed by atoms with Gasteiger partial charge in [-0.05, 0) is 30.3 Å². The standard InChI is InChI=1S/C22H20ClN7O4S/c23-15-4-5-17-19(10-15)28-22(27-17)35(33,34)30-8-6-29(7-9-30)21(32)14-11-24-20(25-12-14)18-3-1-2-16(13-31)26-18/h1-5,10-12,31H,6-9,13H2,(H,27,28). The van der Waals surface area contributed by atoms with E-state index in [0.29, 0.717) is 33.3 Å². The van der Waals surface area contributed by atoms with E-state index < -0.39 is 10.0 Å². The van der Waals surface area contributed by atoms with E-state index in [0.717, 1.165) is 0 Å². The lowest BCUT2D eigenvalue weighted by atomic mass is 10.2. The number of nitrogens with one attached hydrogen (secondary N) is 1. The molecule has 0 aliphatic carbocycles. The van der Waals surface area contributed by atoms with Gasteiger partial charge >= 0.3 is 0 Å². The van der Waals surface area contributed by atoms with Crippen molar-refractivity contribution < 1.29 is 18.3 Å². The number of carbonyl (C=O) groups is 1. The van der Waals surface area contributed by atoms with E-state index in [-0.39, 0.29) is 49.4 Å². The number of aliphatic hydroxyl groups is 1. The van der Waals surface area contributed by atoms with Crippen molar-refractivity contribution >= 4 is 38.6 Å². The van der Waals surface area contributed by atoms with Gasteiger partial charge in [0.15, 0.2) is 5.82 Å². The van der Waals surface area contributed by atoms with Crippen LogP contribution in [0.2, 0.25) is 5.02 Å². The number of aromatic nitrogens is 5. The van der Waals surface area contributed by atoms with Crippen molar-refractivity contribution in [2.75, 3.05) is 26.2 Å². The van der Waals surface area contributed by atoms with E-state index >= 15 is 0 Å². The summed E-state index contributed by atoms with van der Waals surface area (Å²) in [6.45, 7) is 0.486. The molecule has 0 bridgehead atoms. The minimum absolute atomic E-state index is 0.128. The van der Waals surface area contributed by atoms with Crippen LogP contribution in [-0.2, 0) is 16.6 Å². The molecule has 3 aromatic heterocycles. The van der Waals surface area contributed by atoms with Crippen molar-refractivity contribution in [1.82, 2.24) is 34.1 Å². The smallest absolute Gasteiger partial charge is 0.276 e. The number of benzene rings is 1. The maximum Gasteiger partial charge on any atom is 0.276 e. The number of H-pyrrole nitrogens is 1. The number of hydrogen-bond acceptors (Lipinski definition) is 8. The number of aliphatic hydroxyl groups excluding tert-OH is 1. The Bertz CT molecular complexity index is 1500. The first kappa shape index (κ1) is 23.3. The predicted octanol–water partition coefficient (Wildman–Crippen LogP) is 1.71. The first-order chi connectivity index (χ1) is 16.8. The molecule has 13 heteroatoms. The fourth-order valence-corrected chi connectivity index (χ4v) is 5.29. The number of halogens is 1. The number of aromatic amines is 1. The van der Waals surface area contributed by atoms with Crippen LogP contribution in [0, 0.1) is 0 Å². The largest absolute Gasteiger partial charge is 0.390 e. The summed E-state index contributed by atoms with van der Waals surface area (Å²) in [6, 6.07) is 10.1. The molecular weight excluding hydrogens is 494 g/mol. The van der Waals surface area contributed by atoms with E-state index in [4.69, 9.17) is 11.6 Å². The van der Waals surface area contributed by atoms with Crippen LogP contribution in [-0.4, -0.2) is 79.7 Å². The number of sulfonamides is 1. The van der Waals surface area contributed by atoms with Gasteiger partial charge in [0, 0.05) is 43.6 Å². The normalized spacial score (nSPS) is 15.0. The Morgan fingerprint density at radius 3 is 2.51 bits per heavy atom. The van der Waals surface area contributed by atoms with E-state index in [2.05, 4.69) is 24.9 Å². The molecule has 1 aliphatic heterocycles. The number of piperazine rings is 1. The number of amides is 1. The van der Waals surface area contributed by atoms with Gasteiger partial charge in [-0.3, -0.25) is 4.79 Å². The Hall–Kier alpha value is -3.45. The number of carbonyl (C=O) groups excluding carboxylic acids is 1. The van der Waals surface area contributed by atoms with Crippen molar-refractivity contribution in [3.63, 3.8) is 0 Å². The van der Waals surface area contributed by atoms with Crippen LogP contribution in [0.1, 0.15) is 16.1 Å². The van der Waals surface area contributed by atoms with Crippen molar-refractivity contribution in [3.05, 3.63) is 65.1 Å². The number of pyridine rings is 1. The molecule has 1 aliphatic rings. The van der Waals surface area contributed by atoms with Crippen LogP contribution in [0.5, 0.6) is 0 Å². The lowest BCUT2D eigenvalue weighted by Gasteiger charge is -2.33. The van der Waals surface area contributed by atoms with Crippen LogP contribution < -0.4 is 0 Å². The van der Waals surface area contributed by atoms with Gasteiger partial charge in [0.25, 0.3) is 15.9 Å². The molecule has 0 saturated carbocycles. The van der Waals surface area contributed by atoms with Gasteiger partial charge in [0.1, 0.15) is 5.69 Å². The van der Waals surface area contributed by atoms with E-state index in [1.807, 2.05) is 0 Å². The molecule has 4 aromatic rings. The minimum Gasteiger partial charge on any atom is -0.390 e. The highest BCUT2D eigenvalue weighted by Crippen LogP contribution is 2.22. The van der Waals surface area contributed by atoms with Gasteiger partial charge in [-0.1, -0.05) is 17.7 Å². The molecule has 1 aromatic carbocycles. The predicted molar refractivity (Wildman–Crippen MR) is 127 cm³/mol. The zero-order valence-corrected chi connectivity index (χ0v) is 19.9. The summed E-state index contributed by atoms with van der Waals surface area (Å²) in [5.74, 6) is 0.0453. The van der Waals surface area contributed by atoms with Gasteiger partial charge in [-0.2, -0.15) is 4.31 Å². The monoisotopic (exact) mass is 513 g/mol. The first-order valence-electron chi connectivity index (χ1n) is 10.7. The SMILES string of the molecule is O=C(c1cnc(-c2cccc(CO)n2)nc1)N1CCN(S(=O)(=O)c2nc3ccc(Cl)cc3[nH]2)CC1. The molecule has 35 heavy (non-hydrogen) atoms. The fourth-order valence-electron chi connectivity index (χ4n) is 3.78. The highest BCUT2D eigenvalue weighted by atomic mass is 35.5. The van der Waals surface area contributed by atoms with Gasteiger partial charge in [-0.15, -0.1) is 0 Å². The van der Waals surface area contributed by atoms with E-state index in [1.54, 1.807) is 41.3 Å². The molecule has 0 radical (unpaired) electrons. The molecular formula is C22H20ClN7O4S. The second-order valence-electron chi connectivity index (χ2n) is 7.87. The topological polar surface area (TPSA) is 145 Å². The highest BCUT2D eigenvalue weighted by molar-refractivity contribution is 7.89. The summed E-state index contributed by atoms with van der Waals surface area (Å²) >= 11 is 5.97. The molecule has 180 valence electrons. The molecule has 5 rings (SSSR count). The first-order valence-corrected chi connectivity index (χ1v) is 12.5. The average Bonchev–Trinajstić information content (AvgIpc) is 3.33. The van der Waals surface area contributed by atoms with Gasteiger partial charge < -0.3 is 15.0 Å². The zero-order valence-electron chi connectivity index (χ0n) is 18.3. The second kappa shape index (κ2) is 9.30. The number of fused-ring (bicyclic) bond motifs is 1. The molecule has 0 unspecified atom stereocenters. The van der Waals surface area contributed by atoms with E-state index in [1.165, 1.54) is 16.7 Å². The maximum absolute atomic E-state index is 13.1. The summed E-state index contributed by atoms with van der Waals surface area (Å²) < 4.78 is 27.4. The Labute approximate surface area is 205 Å². The molecule has 1 fully saturated rings. The Balaban J connectivity index is 1.26. The fraction of sp³-hybridized carbons (Fsp3) is 0.227. The summed E-state index contributed by atoms with van der Waals surface area (Å²) in [4.78, 5) is 34.2. The molecule has 1 saturated heterocycles. The molecule has 0 spiro atoms. The summed E-state index contributed by atoms with van der Waals surface area (Å²) in [5.41, 5.74) is 2.31. The molecule has 2 N–H and O–H groups in total. The van der Waals surface area contributed by atoms with Crippen molar-refractivity contribution in [2.24, 2.45) is 0 Å². The van der Waals surface area contributed by atoms with Gasteiger partial charge in [0.05, 0.1) is 28.9 Å². The summed E-state index contributed by atoms with van der Waals surface area (Å²) in [7, 11) is -3.86. The lowest BCUT2D eigenvalue weighted by molar-refractivity contribution is 0.0697. The number of rotatable bonds is 5. The van der Waals surface area contributed by atoms with Crippen molar-refractivity contribution in [1.29, 1.82) is 0 Å².